The van der Waals surface area contributed by atoms with Gasteiger partial charge in [-0.3, -0.25) is 0 Å². The summed E-state index contributed by atoms with van der Waals surface area (Å²) < 4.78 is 5.05. The van der Waals surface area contributed by atoms with E-state index in [2.05, 4.69) is 55.4 Å². The molecule has 0 aliphatic carbocycles. The van der Waals surface area contributed by atoms with E-state index in [0.717, 1.165) is 24.6 Å². The van der Waals surface area contributed by atoms with Crippen LogP contribution in [0.15, 0.2) is 12.1 Å². The third-order valence-electron chi connectivity index (χ3n) is 2.82. The molecule has 2 N–H and O–H groups in total. The summed E-state index contributed by atoms with van der Waals surface area (Å²) >= 11 is 0. The van der Waals surface area contributed by atoms with Gasteiger partial charge in [0.2, 0.25) is 0 Å². The zero-order valence-corrected chi connectivity index (χ0v) is 12.8. The third-order valence-corrected chi connectivity index (χ3v) is 2.82. The Balaban J connectivity index is 2.78. The van der Waals surface area contributed by atoms with Crippen LogP contribution in [0.5, 0.6) is 0 Å². The van der Waals surface area contributed by atoms with Crippen molar-refractivity contribution >= 4 is 5.82 Å². The summed E-state index contributed by atoms with van der Waals surface area (Å²) in [5.41, 5.74) is 2.40. The van der Waals surface area contributed by atoms with Crippen LogP contribution >= 0.6 is 0 Å². The smallest absolute Gasteiger partial charge is 0.126 e. The highest BCUT2D eigenvalue weighted by Gasteiger charge is 2.06. The van der Waals surface area contributed by atoms with Gasteiger partial charge in [-0.15, -0.1) is 0 Å². The van der Waals surface area contributed by atoms with E-state index < -0.39 is 0 Å². The van der Waals surface area contributed by atoms with Gasteiger partial charge in [0.1, 0.15) is 5.82 Å². The maximum atomic E-state index is 5.05. The van der Waals surface area contributed by atoms with Gasteiger partial charge in [0, 0.05) is 31.9 Å². The molecule has 0 fully saturated rings. The molecule has 0 radical (unpaired) electrons. The second-order valence-corrected chi connectivity index (χ2v) is 5.40. The summed E-state index contributed by atoms with van der Waals surface area (Å²) in [7, 11) is 1.71. The lowest BCUT2D eigenvalue weighted by atomic mass is 10.1. The van der Waals surface area contributed by atoms with E-state index in [1.54, 1.807) is 7.11 Å². The molecule has 0 atom stereocenters. The van der Waals surface area contributed by atoms with Gasteiger partial charge in [-0.1, -0.05) is 27.7 Å². The number of methoxy groups -OCH3 is 1. The number of ether oxygens (including phenoxy) is 1. The van der Waals surface area contributed by atoms with Gasteiger partial charge in [0.05, 0.1) is 6.61 Å². The molecule has 4 heteroatoms. The molecule has 1 heterocycles. The first-order valence-electron chi connectivity index (χ1n) is 7.00. The van der Waals surface area contributed by atoms with Gasteiger partial charge in [0.15, 0.2) is 0 Å². The summed E-state index contributed by atoms with van der Waals surface area (Å²) in [5.74, 6) is 1.37. The van der Waals surface area contributed by atoms with Crippen molar-refractivity contribution in [3.8, 4) is 0 Å². The molecule has 0 aromatic carbocycles. The van der Waals surface area contributed by atoms with Crippen molar-refractivity contribution in [3.63, 3.8) is 0 Å². The molecular weight excluding hydrogens is 238 g/mol. The molecule has 19 heavy (non-hydrogen) atoms. The van der Waals surface area contributed by atoms with Crippen LogP contribution in [0.25, 0.3) is 0 Å². The second-order valence-electron chi connectivity index (χ2n) is 5.40. The molecule has 0 bridgehead atoms. The molecule has 0 saturated carbocycles. The quantitative estimate of drug-likeness (QED) is 0.710. The number of pyridine rings is 1. The molecule has 0 spiro atoms. The van der Waals surface area contributed by atoms with Crippen LogP contribution in [-0.4, -0.2) is 31.3 Å². The van der Waals surface area contributed by atoms with Crippen LogP contribution in [0.2, 0.25) is 0 Å². The van der Waals surface area contributed by atoms with Crippen LogP contribution in [-0.2, 0) is 11.3 Å². The van der Waals surface area contributed by atoms with E-state index in [0.29, 0.717) is 18.6 Å². The Kier molecular flexibility index (Phi) is 6.81. The Morgan fingerprint density at radius 2 is 1.95 bits per heavy atom. The fourth-order valence-electron chi connectivity index (χ4n) is 1.70. The fraction of sp³-hybridized carbons (Fsp3) is 0.667. The molecule has 0 aliphatic rings. The Labute approximate surface area is 117 Å². The minimum atomic E-state index is 0.432. The predicted octanol–water partition coefficient (Wildman–Crippen LogP) is 2.76. The first-order valence-corrected chi connectivity index (χ1v) is 7.00. The van der Waals surface area contributed by atoms with E-state index in [9.17, 15) is 0 Å². The second kappa shape index (κ2) is 8.12. The number of hydrogen-bond acceptors (Lipinski definition) is 4. The highest BCUT2D eigenvalue weighted by Crippen LogP contribution is 2.17. The number of anilines is 1. The average molecular weight is 265 g/mol. The van der Waals surface area contributed by atoms with Crippen molar-refractivity contribution in [1.82, 2.24) is 10.3 Å². The van der Waals surface area contributed by atoms with E-state index in [4.69, 9.17) is 4.74 Å². The number of nitrogens with one attached hydrogen (secondary N) is 2. The molecular formula is C15H27N3O. The Morgan fingerprint density at radius 1 is 1.21 bits per heavy atom. The Bertz CT molecular complexity index is 378. The van der Waals surface area contributed by atoms with Crippen molar-refractivity contribution < 1.29 is 4.74 Å². The van der Waals surface area contributed by atoms with Crippen LogP contribution in [0, 0.1) is 0 Å². The number of aromatic nitrogens is 1. The van der Waals surface area contributed by atoms with E-state index in [1.165, 1.54) is 5.56 Å². The van der Waals surface area contributed by atoms with Crippen molar-refractivity contribution in [3.05, 3.63) is 23.4 Å². The first kappa shape index (κ1) is 15.9. The van der Waals surface area contributed by atoms with Gasteiger partial charge in [-0.25, -0.2) is 4.98 Å². The lowest BCUT2D eigenvalue weighted by Crippen LogP contribution is -2.22. The minimum Gasteiger partial charge on any atom is -0.383 e. The lowest BCUT2D eigenvalue weighted by Gasteiger charge is -2.14. The van der Waals surface area contributed by atoms with Crippen molar-refractivity contribution in [2.24, 2.45) is 0 Å². The molecule has 1 aromatic heterocycles. The zero-order chi connectivity index (χ0) is 14.3. The molecule has 1 aromatic rings. The summed E-state index contributed by atoms with van der Waals surface area (Å²) in [6.07, 6.45) is 0. The summed E-state index contributed by atoms with van der Waals surface area (Å²) in [5, 5.41) is 6.75. The van der Waals surface area contributed by atoms with E-state index in [1.807, 2.05) is 0 Å². The standard InChI is InChI=1S/C15H27N3O/c1-11(2)14-8-13(10-17-12(3)4)9-15(18-14)16-6-7-19-5/h8-9,11-12,17H,6-7,10H2,1-5H3,(H,16,18). The van der Waals surface area contributed by atoms with Crippen LogP contribution < -0.4 is 10.6 Å². The molecule has 0 aliphatic heterocycles. The van der Waals surface area contributed by atoms with E-state index >= 15 is 0 Å². The molecule has 1 rings (SSSR count). The lowest BCUT2D eigenvalue weighted by molar-refractivity contribution is 0.210. The number of hydrogen-bond donors (Lipinski definition) is 2. The molecule has 108 valence electrons. The topological polar surface area (TPSA) is 46.2 Å². The first-order chi connectivity index (χ1) is 9.02. The molecule has 0 saturated heterocycles. The SMILES string of the molecule is COCCNc1cc(CNC(C)C)cc(C(C)C)n1. The van der Waals surface area contributed by atoms with E-state index in [-0.39, 0.29) is 0 Å². The normalized spacial score (nSPS) is 11.3. The molecule has 4 nitrogen and oxygen atoms in total. The van der Waals surface area contributed by atoms with Gasteiger partial charge in [-0.05, 0) is 23.6 Å². The summed E-state index contributed by atoms with van der Waals surface area (Å²) in [6, 6.07) is 4.78. The fourth-order valence-corrected chi connectivity index (χ4v) is 1.70. The molecule has 0 amide bonds. The summed E-state index contributed by atoms with van der Waals surface area (Å²) in [6.45, 7) is 11.0. The average Bonchev–Trinajstić information content (AvgIpc) is 2.36. The highest BCUT2D eigenvalue weighted by atomic mass is 16.5. The van der Waals surface area contributed by atoms with Crippen molar-refractivity contribution in [2.45, 2.75) is 46.2 Å². The third kappa shape index (κ3) is 6.03. The molecule has 0 unspecified atom stereocenters. The van der Waals surface area contributed by atoms with Crippen molar-refractivity contribution in [1.29, 1.82) is 0 Å². The van der Waals surface area contributed by atoms with Gasteiger partial charge in [0.25, 0.3) is 0 Å². The Morgan fingerprint density at radius 3 is 2.53 bits per heavy atom. The number of nitrogens with zero attached hydrogens (tertiary/aromatic N) is 1. The highest BCUT2D eigenvalue weighted by molar-refractivity contribution is 5.40. The number of rotatable bonds is 8. The summed E-state index contributed by atoms with van der Waals surface area (Å²) in [4.78, 5) is 4.64. The maximum Gasteiger partial charge on any atom is 0.126 e. The van der Waals surface area contributed by atoms with Gasteiger partial charge < -0.3 is 15.4 Å². The van der Waals surface area contributed by atoms with Crippen molar-refractivity contribution in [2.75, 3.05) is 25.6 Å². The zero-order valence-electron chi connectivity index (χ0n) is 12.8. The van der Waals surface area contributed by atoms with Gasteiger partial charge in [-0.2, -0.15) is 0 Å². The maximum absolute atomic E-state index is 5.05. The van der Waals surface area contributed by atoms with Crippen LogP contribution in [0.3, 0.4) is 0 Å². The van der Waals surface area contributed by atoms with Crippen LogP contribution in [0.1, 0.15) is 44.9 Å². The largest absolute Gasteiger partial charge is 0.383 e. The Hall–Kier alpha value is -1.13. The monoisotopic (exact) mass is 265 g/mol. The predicted molar refractivity (Wildman–Crippen MR) is 80.7 cm³/mol. The van der Waals surface area contributed by atoms with Crippen LogP contribution in [0.4, 0.5) is 5.82 Å². The van der Waals surface area contributed by atoms with Gasteiger partial charge >= 0.3 is 0 Å². The minimum absolute atomic E-state index is 0.432.